The number of ketones is 1. The smallest absolute Gasteiger partial charge is 0.144 e. The second-order valence-electron chi connectivity index (χ2n) is 7.92. The molecule has 0 aliphatic heterocycles. The Morgan fingerprint density at radius 2 is 2.00 bits per heavy atom. The highest BCUT2D eigenvalue weighted by Gasteiger charge is 2.29. The third-order valence-electron chi connectivity index (χ3n) is 4.76. The zero-order chi connectivity index (χ0) is 20.1. The lowest BCUT2D eigenvalue weighted by atomic mass is 9.89. The average molecular weight is 433 g/mol. The van der Waals surface area contributed by atoms with Gasteiger partial charge in [-0.05, 0) is 18.2 Å². The van der Waals surface area contributed by atoms with Crippen LogP contribution in [0.2, 0.25) is 5.02 Å². The Morgan fingerprint density at radius 3 is 2.71 bits per heavy atom. The van der Waals surface area contributed by atoms with Crippen LogP contribution in [0.1, 0.15) is 46.9 Å². The fourth-order valence-electron chi connectivity index (χ4n) is 3.16. The topological polar surface area (TPSA) is 52.1 Å². The quantitative estimate of drug-likeness (QED) is 0.413. The Balaban J connectivity index is 1.57. The lowest BCUT2D eigenvalue weighted by molar-refractivity contribution is -0.125. The van der Waals surface area contributed by atoms with Crippen molar-refractivity contribution in [2.24, 2.45) is 5.41 Å². The van der Waals surface area contributed by atoms with Gasteiger partial charge in [0.1, 0.15) is 16.5 Å². The number of Topliss-reactive ketones (excluding diaryl/α,β-unsaturated/α-hetero) is 1. The molecule has 1 aliphatic rings. The van der Waals surface area contributed by atoms with Crippen LogP contribution in [-0.4, -0.2) is 22.9 Å². The molecule has 7 heteroatoms. The van der Waals surface area contributed by atoms with Gasteiger partial charge in [0.15, 0.2) is 0 Å². The number of halogens is 1. The normalized spacial score (nSPS) is 12.8. The van der Waals surface area contributed by atoms with Gasteiger partial charge in [-0.1, -0.05) is 32.4 Å². The molecule has 4 nitrogen and oxygen atoms in total. The third-order valence-corrected chi connectivity index (χ3v) is 7.15. The van der Waals surface area contributed by atoms with Gasteiger partial charge in [-0.2, -0.15) is 0 Å². The number of aromatic nitrogens is 2. The number of ether oxygens (including phenoxy) is 1. The number of methoxy groups -OCH3 is 1. The van der Waals surface area contributed by atoms with Crippen molar-refractivity contribution in [2.75, 3.05) is 7.11 Å². The molecule has 28 heavy (non-hydrogen) atoms. The van der Waals surface area contributed by atoms with E-state index in [0.29, 0.717) is 17.9 Å². The van der Waals surface area contributed by atoms with Crippen molar-refractivity contribution >= 4 is 40.1 Å². The molecule has 4 rings (SSSR count). The Morgan fingerprint density at radius 1 is 1.21 bits per heavy atom. The molecule has 0 saturated carbocycles. The van der Waals surface area contributed by atoms with Crippen LogP contribution in [-0.2, 0) is 24.1 Å². The Hall–Kier alpha value is -1.76. The van der Waals surface area contributed by atoms with Gasteiger partial charge < -0.3 is 4.74 Å². The summed E-state index contributed by atoms with van der Waals surface area (Å²) in [6.07, 6.45) is 1.88. The number of benzene rings is 1. The van der Waals surface area contributed by atoms with E-state index in [9.17, 15) is 4.79 Å². The Bertz CT molecular complexity index is 1060. The largest absolute Gasteiger partial charge is 0.496 e. The van der Waals surface area contributed by atoms with E-state index in [2.05, 4.69) is 0 Å². The minimum absolute atomic E-state index is 0.215. The maximum absolute atomic E-state index is 12.3. The van der Waals surface area contributed by atoms with E-state index < -0.39 is 0 Å². The Labute approximate surface area is 177 Å². The predicted octanol–water partition coefficient (Wildman–Crippen LogP) is 5.58. The number of hydrogen-bond acceptors (Lipinski definition) is 6. The standard InChI is InChI=1S/C21H21ClN2O2S2/c1-21(2,3)16(25)10-18-23-13-9-15-19(20(13)28-18)24-17(27-15)8-11-7-12(22)5-6-14(11)26-4/h5-7H,8-10H2,1-4H3. The molecule has 146 valence electrons. The zero-order valence-corrected chi connectivity index (χ0v) is 18.6. The van der Waals surface area contributed by atoms with Gasteiger partial charge in [0.05, 0.1) is 34.8 Å². The number of fused-ring (bicyclic) bond motifs is 3. The molecule has 2 aromatic heterocycles. The first kappa shape index (κ1) is 19.6. The van der Waals surface area contributed by atoms with E-state index >= 15 is 0 Å². The van der Waals surface area contributed by atoms with E-state index in [1.54, 1.807) is 29.8 Å². The van der Waals surface area contributed by atoms with Gasteiger partial charge in [0, 0.05) is 33.7 Å². The molecule has 3 aromatic rings. The number of carbonyl (C=O) groups is 1. The highest BCUT2D eigenvalue weighted by Crippen LogP contribution is 2.43. The molecule has 0 bridgehead atoms. The molecule has 0 N–H and O–H groups in total. The number of nitrogens with zero attached hydrogens (tertiary/aromatic N) is 2. The van der Waals surface area contributed by atoms with Gasteiger partial charge in [-0.15, -0.1) is 22.7 Å². The van der Waals surface area contributed by atoms with Crippen molar-refractivity contribution in [2.45, 2.75) is 40.0 Å². The second kappa shape index (κ2) is 7.25. The molecule has 0 amide bonds. The highest BCUT2D eigenvalue weighted by molar-refractivity contribution is 7.17. The van der Waals surface area contributed by atoms with E-state index in [0.717, 1.165) is 44.0 Å². The van der Waals surface area contributed by atoms with E-state index in [1.807, 2.05) is 39.0 Å². The molecule has 0 radical (unpaired) electrons. The zero-order valence-electron chi connectivity index (χ0n) is 16.3. The van der Waals surface area contributed by atoms with Crippen molar-refractivity contribution in [3.63, 3.8) is 0 Å². The first-order valence-corrected chi connectivity index (χ1v) is 11.1. The van der Waals surface area contributed by atoms with Crippen LogP contribution in [0.25, 0.3) is 10.6 Å². The van der Waals surface area contributed by atoms with Gasteiger partial charge in [0.25, 0.3) is 0 Å². The van der Waals surface area contributed by atoms with Gasteiger partial charge in [-0.25, -0.2) is 9.97 Å². The third kappa shape index (κ3) is 3.73. The minimum Gasteiger partial charge on any atom is -0.496 e. The molecular weight excluding hydrogens is 412 g/mol. The van der Waals surface area contributed by atoms with Crippen LogP contribution in [0, 0.1) is 5.41 Å². The Kier molecular flexibility index (Phi) is 5.06. The summed E-state index contributed by atoms with van der Waals surface area (Å²) in [6, 6.07) is 5.65. The predicted molar refractivity (Wildman–Crippen MR) is 115 cm³/mol. The fourth-order valence-corrected chi connectivity index (χ4v) is 5.61. The van der Waals surface area contributed by atoms with Crippen molar-refractivity contribution < 1.29 is 9.53 Å². The lowest BCUT2D eigenvalue weighted by Gasteiger charge is -2.15. The molecular formula is C21H21ClN2O2S2. The number of rotatable bonds is 5. The maximum Gasteiger partial charge on any atom is 0.144 e. The summed E-state index contributed by atoms with van der Waals surface area (Å²) in [7, 11) is 1.67. The maximum atomic E-state index is 12.3. The van der Waals surface area contributed by atoms with Crippen molar-refractivity contribution in [3.8, 4) is 16.3 Å². The second-order valence-corrected chi connectivity index (χ2v) is 10.6. The van der Waals surface area contributed by atoms with Crippen molar-refractivity contribution in [1.29, 1.82) is 0 Å². The van der Waals surface area contributed by atoms with Crippen LogP contribution in [0.4, 0.5) is 0 Å². The molecule has 1 aromatic carbocycles. The number of hydrogen-bond donors (Lipinski definition) is 0. The first-order chi connectivity index (χ1) is 13.2. The van der Waals surface area contributed by atoms with E-state index in [1.165, 1.54) is 4.88 Å². The minimum atomic E-state index is -0.342. The van der Waals surface area contributed by atoms with Crippen LogP contribution in [0.15, 0.2) is 18.2 Å². The molecule has 0 atom stereocenters. The average Bonchev–Trinajstić information content (AvgIpc) is 3.25. The molecule has 0 saturated heterocycles. The summed E-state index contributed by atoms with van der Waals surface area (Å²) in [5, 5.41) is 2.62. The summed E-state index contributed by atoms with van der Waals surface area (Å²) in [6.45, 7) is 5.85. The van der Waals surface area contributed by atoms with Crippen LogP contribution in [0.5, 0.6) is 5.75 Å². The van der Waals surface area contributed by atoms with E-state index in [4.69, 9.17) is 26.3 Å². The fraction of sp³-hybridized carbons (Fsp3) is 0.381. The lowest BCUT2D eigenvalue weighted by Crippen LogP contribution is -2.22. The molecule has 1 aliphatic carbocycles. The van der Waals surface area contributed by atoms with Gasteiger partial charge >= 0.3 is 0 Å². The van der Waals surface area contributed by atoms with Crippen LogP contribution < -0.4 is 4.74 Å². The van der Waals surface area contributed by atoms with Crippen LogP contribution >= 0.6 is 34.3 Å². The van der Waals surface area contributed by atoms with Crippen molar-refractivity contribution in [1.82, 2.24) is 9.97 Å². The van der Waals surface area contributed by atoms with Crippen LogP contribution in [0.3, 0.4) is 0 Å². The van der Waals surface area contributed by atoms with Crippen molar-refractivity contribution in [3.05, 3.63) is 49.4 Å². The summed E-state index contributed by atoms with van der Waals surface area (Å²) in [5.41, 5.74) is 2.78. The highest BCUT2D eigenvalue weighted by atomic mass is 35.5. The summed E-state index contributed by atoms with van der Waals surface area (Å²) < 4.78 is 5.45. The molecule has 0 spiro atoms. The monoisotopic (exact) mass is 432 g/mol. The van der Waals surface area contributed by atoms with E-state index in [-0.39, 0.29) is 11.2 Å². The number of carbonyl (C=O) groups excluding carboxylic acids is 1. The van der Waals surface area contributed by atoms with Gasteiger partial charge in [-0.3, -0.25) is 4.79 Å². The summed E-state index contributed by atoms with van der Waals surface area (Å²) in [5.74, 6) is 1.04. The molecule has 2 heterocycles. The summed E-state index contributed by atoms with van der Waals surface area (Å²) in [4.78, 5) is 24.3. The molecule has 0 unspecified atom stereocenters. The van der Waals surface area contributed by atoms with Gasteiger partial charge in [0.2, 0.25) is 0 Å². The molecule has 0 fully saturated rings. The SMILES string of the molecule is COc1ccc(Cl)cc1Cc1nc2c(s1)Cc1nc(CC(=O)C(C)(C)C)sc1-2. The summed E-state index contributed by atoms with van der Waals surface area (Å²) >= 11 is 9.47. The first-order valence-electron chi connectivity index (χ1n) is 9.08. The number of thiazole rings is 2.